The molecular formula is C10H17N5O5. The summed E-state index contributed by atoms with van der Waals surface area (Å²) in [6.45, 7) is 2.61. The van der Waals surface area contributed by atoms with Crippen molar-refractivity contribution in [1.82, 2.24) is 4.90 Å². The SMILES string of the molecule is N=C(N=C(N)N)N1CCOCC1.O=C(O)/C=C\C(=O)O. The van der Waals surface area contributed by atoms with Gasteiger partial charge in [-0.25, -0.2) is 9.59 Å². The average Bonchev–Trinajstić information content (AvgIpc) is 2.37. The number of nitrogens with zero attached hydrogens (tertiary/aromatic N) is 2. The number of aliphatic carboxylic acids is 2. The third-order valence-electron chi connectivity index (χ3n) is 1.91. The molecule has 0 radical (unpaired) electrons. The van der Waals surface area contributed by atoms with Gasteiger partial charge in [0.25, 0.3) is 0 Å². The molecule has 0 aromatic rings. The van der Waals surface area contributed by atoms with Gasteiger partial charge in [0.1, 0.15) is 0 Å². The van der Waals surface area contributed by atoms with E-state index in [1.54, 1.807) is 4.90 Å². The number of hydrogen-bond donors (Lipinski definition) is 5. The minimum Gasteiger partial charge on any atom is -0.478 e. The van der Waals surface area contributed by atoms with Crippen LogP contribution in [0, 0.1) is 5.41 Å². The Labute approximate surface area is 114 Å². The minimum atomic E-state index is -1.26. The van der Waals surface area contributed by atoms with E-state index in [2.05, 4.69) is 4.99 Å². The molecule has 0 aliphatic carbocycles. The molecule has 20 heavy (non-hydrogen) atoms. The number of carboxylic acid groups (broad SMARTS) is 2. The quantitative estimate of drug-likeness (QED) is 0.225. The summed E-state index contributed by atoms with van der Waals surface area (Å²) in [5.41, 5.74) is 10.3. The highest BCUT2D eigenvalue weighted by Crippen LogP contribution is 1.97. The highest BCUT2D eigenvalue weighted by atomic mass is 16.5. The van der Waals surface area contributed by atoms with Crippen LogP contribution in [0.15, 0.2) is 17.1 Å². The van der Waals surface area contributed by atoms with Crippen LogP contribution in [-0.2, 0) is 14.3 Å². The molecule has 1 saturated heterocycles. The maximum absolute atomic E-state index is 9.55. The van der Waals surface area contributed by atoms with Crippen LogP contribution in [0.25, 0.3) is 0 Å². The van der Waals surface area contributed by atoms with Gasteiger partial charge in [0.15, 0.2) is 5.96 Å². The molecule has 0 spiro atoms. The van der Waals surface area contributed by atoms with Gasteiger partial charge in [-0.15, -0.1) is 0 Å². The lowest BCUT2D eigenvalue weighted by molar-refractivity contribution is -0.134. The first-order valence-corrected chi connectivity index (χ1v) is 5.47. The maximum Gasteiger partial charge on any atom is 0.328 e. The summed E-state index contributed by atoms with van der Waals surface area (Å²) in [6.07, 6.45) is 1.12. The first-order valence-electron chi connectivity index (χ1n) is 5.47. The summed E-state index contributed by atoms with van der Waals surface area (Å²) in [5.74, 6) is -2.48. The monoisotopic (exact) mass is 287 g/mol. The van der Waals surface area contributed by atoms with Gasteiger partial charge in [-0.1, -0.05) is 0 Å². The Morgan fingerprint density at radius 3 is 1.95 bits per heavy atom. The van der Waals surface area contributed by atoms with Crippen molar-refractivity contribution in [3.8, 4) is 0 Å². The van der Waals surface area contributed by atoms with Crippen molar-refractivity contribution in [3.05, 3.63) is 12.2 Å². The van der Waals surface area contributed by atoms with Gasteiger partial charge in [-0.2, -0.15) is 4.99 Å². The number of carbonyl (C=O) groups is 2. The number of hydrogen-bond acceptors (Lipinski definition) is 4. The lowest BCUT2D eigenvalue weighted by Gasteiger charge is -2.26. The van der Waals surface area contributed by atoms with Crippen LogP contribution >= 0.6 is 0 Å². The Morgan fingerprint density at radius 2 is 1.60 bits per heavy atom. The van der Waals surface area contributed by atoms with Crippen molar-refractivity contribution < 1.29 is 24.5 Å². The topological polar surface area (TPSA) is 175 Å². The van der Waals surface area contributed by atoms with E-state index in [-0.39, 0.29) is 11.9 Å². The van der Waals surface area contributed by atoms with Gasteiger partial charge in [0.05, 0.1) is 13.2 Å². The van der Waals surface area contributed by atoms with E-state index in [1.807, 2.05) is 0 Å². The zero-order valence-corrected chi connectivity index (χ0v) is 10.7. The van der Waals surface area contributed by atoms with Gasteiger partial charge in [-0.05, 0) is 0 Å². The second-order valence-corrected chi connectivity index (χ2v) is 3.47. The van der Waals surface area contributed by atoms with E-state index < -0.39 is 11.9 Å². The van der Waals surface area contributed by atoms with E-state index in [4.69, 9.17) is 31.8 Å². The number of guanidine groups is 2. The molecule has 1 aliphatic rings. The Kier molecular flexibility index (Phi) is 8.11. The minimum absolute atomic E-state index is 0.0773. The highest BCUT2D eigenvalue weighted by molar-refractivity contribution is 5.91. The molecule has 1 heterocycles. The van der Waals surface area contributed by atoms with Crippen molar-refractivity contribution in [1.29, 1.82) is 5.41 Å². The molecule has 0 atom stereocenters. The molecule has 1 fully saturated rings. The van der Waals surface area contributed by atoms with E-state index in [0.29, 0.717) is 38.5 Å². The smallest absolute Gasteiger partial charge is 0.328 e. The highest BCUT2D eigenvalue weighted by Gasteiger charge is 2.12. The second-order valence-electron chi connectivity index (χ2n) is 3.47. The van der Waals surface area contributed by atoms with E-state index in [0.717, 1.165) is 0 Å². The number of carboxylic acids is 2. The fraction of sp³-hybridized carbons (Fsp3) is 0.400. The van der Waals surface area contributed by atoms with Crippen molar-refractivity contribution in [3.63, 3.8) is 0 Å². The second kappa shape index (κ2) is 9.33. The fourth-order valence-electron chi connectivity index (χ4n) is 1.11. The van der Waals surface area contributed by atoms with Gasteiger partial charge in [-0.3, -0.25) is 5.41 Å². The molecular weight excluding hydrogens is 270 g/mol. The summed E-state index contributed by atoms with van der Waals surface area (Å²) in [5, 5.41) is 23.1. The van der Waals surface area contributed by atoms with Crippen molar-refractivity contribution in [2.45, 2.75) is 0 Å². The van der Waals surface area contributed by atoms with Crippen molar-refractivity contribution >= 4 is 23.9 Å². The molecule has 0 amide bonds. The predicted molar refractivity (Wildman–Crippen MR) is 70.3 cm³/mol. The third-order valence-corrected chi connectivity index (χ3v) is 1.91. The molecule has 0 unspecified atom stereocenters. The van der Waals surface area contributed by atoms with Gasteiger partial charge < -0.3 is 31.3 Å². The van der Waals surface area contributed by atoms with Gasteiger partial charge in [0.2, 0.25) is 5.96 Å². The van der Waals surface area contributed by atoms with Gasteiger partial charge >= 0.3 is 11.9 Å². The Balaban J connectivity index is 0.000000396. The molecule has 112 valence electrons. The zero-order chi connectivity index (χ0) is 15.5. The zero-order valence-electron chi connectivity index (χ0n) is 10.7. The molecule has 1 rings (SSSR count). The predicted octanol–water partition coefficient (Wildman–Crippen LogP) is -1.76. The summed E-state index contributed by atoms with van der Waals surface area (Å²) < 4.78 is 5.11. The van der Waals surface area contributed by atoms with Gasteiger partial charge in [0, 0.05) is 25.2 Å². The van der Waals surface area contributed by atoms with Crippen LogP contribution in [0.5, 0.6) is 0 Å². The van der Waals surface area contributed by atoms with Crippen LogP contribution in [-0.4, -0.2) is 65.3 Å². The normalized spacial score (nSPS) is 14.1. The Bertz CT molecular complexity index is 394. The van der Waals surface area contributed by atoms with Crippen molar-refractivity contribution in [2.24, 2.45) is 16.5 Å². The third kappa shape index (κ3) is 9.41. The summed E-state index contributed by atoms with van der Waals surface area (Å²) in [6, 6.07) is 0. The summed E-state index contributed by atoms with van der Waals surface area (Å²) in [7, 11) is 0. The number of nitrogens with one attached hydrogen (secondary N) is 1. The Morgan fingerprint density at radius 1 is 1.15 bits per heavy atom. The standard InChI is InChI=1S/C6H13N5O.C4H4O4/c7-5(8)10-6(9)11-1-3-12-4-2-11;5-3(6)1-2-4(7)8/h1-4H2,(H5,7,8,9,10);1-2H,(H,5,6)(H,7,8)/b;2-1-. The number of ether oxygens (including phenoxy) is 1. The van der Waals surface area contributed by atoms with Crippen LogP contribution in [0.3, 0.4) is 0 Å². The number of rotatable bonds is 2. The lowest BCUT2D eigenvalue weighted by Crippen LogP contribution is -2.41. The molecule has 1 aliphatic heterocycles. The number of aliphatic imine (C=N–C) groups is 1. The molecule has 10 heteroatoms. The molecule has 0 aromatic heterocycles. The van der Waals surface area contributed by atoms with Crippen LogP contribution in [0.4, 0.5) is 0 Å². The van der Waals surface area contributed by atoms with Crippen LogP contribution < -0.4 is 11.5 Å². The lowest BCUT2D eigenvalue weighted by atomic mass is 10.4. The molecule has 7 N–H and O–H groups in total. The van der Waals surface area contributed by atoms with Crippen molar-refractivity contribution in [2.75, 3.05) is 26.3 Å². The molecule has 0 bridgehead atoms. The first kappa shape index (κ1) is 17.4. The molecule has 0 aromatic carbocycles. The Hall–Kier alpha value is -2.62. The fourth-order valence-corrected chi connectivity index (χ4v) is 1.11. The summed E-state index contributed by atoms with van der Waals surface area (Å²) >= 11 is 0. The van der Waals surface area contributed by atoms with Crippen LogP contribution in [0.2, 0.25) is 0 Å². The number of nitrogens with two attached hydrogens (primary N) is 2. The number of morpholine rings is 1. The first-order chi connectivity index (χ1) is 9.32. The summed E-state index contributed by atoms with van der Waals surface area (Å²) in [4.78, 5) is 24.5. The molecule has 0 saturated carbocycles. The van der Waals surface area contributed by atoms with E-state index in [1.165, 1.54) is 0 Å². The van der Waals surface area contributed by atoms with E-state index >= 15 is 0 Å². The largest absolute Gasteiger partial charge is 0.478 e. The van der Waals surface area contributed by atoms with Crippen LogP contribution in [0.1, 0.15) is 0 Å². The van der Waals surface area contributed by atoms with E-state index in [9.17, 15) is 9.59 Å². The maximum atomic E-state index is 9.55. The average molecular weight is 287 g/mol. The molecule has 10 nitrogen and oxygen atoms in total.